The number of aryl methyl sites for hydroxylation is 1. The normalized spacial score (nSPS) is 17.1. The topological polar surface area (TPSA) is 92.5 Å². The molecular weight excluding hydrogens is 326 g/mol. The highest BCUT2D eigenvalue weighted by atomic mass is 32.2. The maximum absolute atomic E-state index is 12.6. The van der Waals surface area contributed by atoms with Gasteiger partial charge in [0.25, 0.3) is 0 Å². The Balaban J connectivity index is 2.30. The van der Waals surface area contributed by atoms with Crippen molar-refractivity contribution in [1.29, 1.82) is 0 Å². The van der Waals surface area contributed by atoms with Crippen LogP contribution in [0.3, 0.4) is 0 Å². The maximum atomic E-state index is 12.6. The van der Waals surface area contributed by atoms with Gasteiger partial charge < -0.3 is 11.1 Å². The third kappa shape index (κ3) is 3.42. The van der Waals surface area contributed by atoms with E-state index in [-0.39, 0.29) is 18.2 Å². The Morgan fingerprint density at radius 3 is 2.50 bits per heavy atom. The quantitative estimate of drug-likeness (QED) is 0.820. The van der Waals surface area contributed by atoms with Gasteiger partial charge in [-0.15, -0.1) is 0 Å². The molecule has 0 aromatic heterocycles. The SMILES string of the molecule is CCC(CC)(CN)C(=O)Nc1ccc(C)c(N2CCCS2(=O)=O)c1. The third-order valence-electron chi connectivity index (χ3n) is 5.06. The van der Waals surface area contributed by atoms with E-state index in [2.05, 4.69) is 5.32 Å². The minimum Gasteiger partial charge on any atom is -0.329 e. The van der Waals surface area contributed by atoms with Gasteiger partial charge in [-0.2, -0.15) is 0 Å². The zero-order valence-corrected chi connectivity index (χ0v) is 15.4. The smallest absolute Gasteiger partial charge is 0.235 e. The third-order valence-corrected chi connectivity index (χ3v) is 6.92. The molecule has 0 atom stereocenters. The van der Waals surface area contributed by atoms with Crippen LogP contribution in [0.25, 0.3) is 0 Å². The van der Waals surface area contributed by atoms with Crippen LogP contribution in [0.2, 0.25) is 0 Å². The molecule has 0 bridgehead atoms. The summed E-state index contributed by atoms with van der Waals surface area (Å²) in [5.74, 6) is 0.0550. The van der Waals surface area contributed by atoms with Crippen LogP contribution in [-0.4, -0.2) is 33.2 Å². The van der Waals surface area contributed by atoms with Crippen LogP contribution in [0.4, 0.5) is 11.4 Å². The maximum Gasteiger partial charge on any atom is 0.235 e. The standard InChI is InChI=1S/C17H27N3O3S/c1-4-17(5-2,12-18)16(21)19-14-8-7-13(3)15(11-14)20-9-6-10-24(20,22)23/h7-8,11H,4-6,9-10,12,18H2,1-3H3,(H,19,21). The number of carbonyl (C=O) groups is 1. The first kappa shape index (κ1) is 18.7. The van der Waals surface area contributed by atoms with Crippen LogP contribution in [0.5, 0.6) is 0 Å². The molecule has 7 heteroatoms. The Hall–Kier alpha value is -1.60. The van der Waals surface area contributed by atoms with Gasteiger partial charge in [-0.25, -0.2) is 8.42 Å². The zero-order chi connectivity index (χ0) is 18.0. The van der Waals surface area contributed by atoms with Crippen LogP contribution >= 0.6 is 0 Å². The van der Waals surface area contributed by atoms with E-state index in [1.807, 2.05) is 26.8 Å². The van der Waals surface area contributed by atoms with Gasteiger partial charge in [0.1, 0.15) is 0 Å². The molecule has 3 N–H and O–H groups in total. The number of hydrogen-bond acceptors (Lipinski definition) is 4. The predicted molar refractivity (Wildman–Crippen MR) is 97.6 cm³/mol. The van der Waals surface area contributed by atoms with E-state index in [1.165, 1.54) is 4.31 Å². The molecule has 6 nitrogen and oxygen atoms in total. The number of anilines is 2. The molecule has 24 heavy (non-hydrogen) atoms. The number of sulfonamides is 1. The van der Waals surface area contributed by atoms with Crippen LogP contribution in [0.15, 0.2) is 18.2 Å². The first-order valence-electron chi connectivity index (χ1n) is 8.42. The van der Waals surface area contributed by atoms with Gasteiger partial charge in [0.15, 0.2) is 0 Å². The molecule has 1 aliphatic rings. The molecule has 1 aromatic carbocycles. The molecule has 1 aromatic rings. The Labute approximate surface area is 144 Å². The molecule has 0 aliphatic carbocycles. The average Bonchev–Trinajstić information content (AvgIpc) is 2.90. The second-order valence-electron chi connectivity index (χ2n) is 6.39. The number of carbonyl (C=O) groups excluding carboxylic acids is 1. The van der Waals surface area contributed by atoms with Crippen molar-refractivity contribution in [2.75, 3.05) is 28.5 Å². The van der Waals surface area contributed by atoms with Gasteiger partial charge in [-0.3, -0.25) is 9.10 Å². The summed E-state index contributed by atoms with van der Waals surface area (Å²) in [4.78, 5) is 12.6. The summed E-state index contributed by atoms with van der Waals surface area (Å²) in [7, 11) is -3.25. The van der Waals surface area contributed by atoms with Gasteiger partial charge in [-0.1, -0.05) is 19.9 Å². The van der Waals surface area contributed by atoms with Crippen LogP contribution in [0, 0.1) is 12.3 Å². The fourth-order valence-corrected chi connectivity index (χ4v) is 4.70. The van der Waals surface area contributed by atoms with E-state index >= 15 is 0 Å². The molecule has 0 unspecified atom stereocenters. The van der Waals surface area contributed by atoms with E-state index in [0.29, 0.717) is 37.2 Å². The van der Waals surface area contributed by atoms with Crippen molar-refractivity contribution >= 4 is 27.3 Å². The first-order valence-corrected chi connectivity index (χ1v) is 10.0. The van der Waals surface area contributed by atoms with Crippen molar-refractivity contribution in [3.63, 3.8) is 0 Å². The molecule has 1 aliphatic heterocycles. The average molecular weight is 353 g/mol. The van der Waals surface area contributed by atoms with E-state index in [1.54, 1.807) is 12.1 Å². The lowest BCUT2D eigenvalue weighted by Gasteiger charge is -2.29. The molecule has 0 saturated carbocycles. The number of nitrogens with two attached hydrogens (primary N) is 1. The highest BCUT2D eigenvalue weighted by Gasteiger charge is 2.34. The van der Waals surface area contributed by atoms with Crippen molar-refractivity contribution in [3.8, 4) is 0 Å². The van der Waals surface area contributed by atoms with Gasteiger partial charge >= 0.3 is 0 Å². The summed E-state index contributed by atoms with van der Waals surface area (Å²) in [6.07, 6.45) is 1.94. The van der Waals surface area contributed by atoms with Crippen LogP contribution in [-0.2, 0) is 14.8 Å². The molecule has 1 fully saturated rings. The molecular formula is C17H27N3O3S. The van der Waals surface area contributed by atoms with Crippen molar-refractivity contribution in [2.45, 2.75) is 40.0 Å². The van der Waals surface area contributed by atoms with Gasteiger partial charge in [0.05, 0.1) is 16.9 Å². The van der Waals surface area contributed by atoms with Gasteiger partial charge in [-0.05, 0) is 43.9 Å². The lowest BCUT2D eigenvalue weighted by Crippen LogP contribution is -2.41. The van der Waals surface area contributed by atoms with E-state index in [9.17, 15) is 13.2 Å². The van der Waals surface area contributed by atoms with Crippen molar-refractivity contribution in [2.24, 2.45) is 11.1 Å². The molecule has 0 radical (unpaired) electrons. The Morgan fingerprint density at radius 2 is 2.00 bits per heavy atom. The fraction of sp³-hybridized carbons (Fsp3) is 0.588. The monoisotopic (exact) mass is 353 g/mol. The zero-order valence-electron chi connectivity index (χ0n) is 14.6. The van der Waals surface area contributed by atoms with Gasteiger partial charge in [0.2, 0.25) is 15.9 Å². The largest absolute Gasteiger partial charge is 0.329 e. The van der Waals surface area contributed by atoms with Crippen LogP contribution in [0.1, 0.15) is 38.7 Å². The van der Waals surface area contributed by atoms with E-state index in [4.69, 9.17) is 5.73 Å². The minimum atomic E-state index is -3.25. The van der Waals surface area contributed by atoms with E-state index in [0.717, 1.165) is 5.56 Å². The van der Waals surface area contributed by atoms with Crippen LogP contribution < -0.4 is 15.4 Å². The highest BCUT2D eigenvalue weighted by molar-refractivity contribution is 7.93. The molecule has 1 saturated heterocycles. The predicted octanol–water partition coefficient (Wildman–Crippen LogP) is 2.24. The summed E-state index contributed by atoms with van der Waals surface area (Å²) in [6, 6.07) is 5.37. The lowest BCUT2D eigenvalue weighted by molar-refractivity contribution is -0.125. The van der Waals surface area contributed by atoms with Crippen molar-refractivity contribution in [3.05, 3.63) is 23.8 Å². The molecule has 1 amide bonds. The number of benzene rings is 1. The molecule has 0 spiro atoms. The lowest BCUT2D eigenvalue weighted by atomic mass is 9.81. The highest BCUT2D eigenvalue weighted by Crippen LogP contribution is 2.32. The molecule has 2 rings (SSSR count). The first-order chi connectivity index (χ1) is 11.3. The Kier molecular flexibility index (Phi) is 5.55. The summed E-state index contributed by atoms with van der Waals surface area (Å²) in [6.45, 7) is 6.54. The summed E-state index contributed by atoms with van der Waals surface area (Å²) < 4.78 is 25.8. The van der Waals surface area contributed by atoms with Gasteiger partial charge in [0, 0.05) is 18.8 Å². The van der Waals surface area contributed by atoms with Crippen molar-refractivity contribution < 1.29 is 13.2 Å². The Morgan fingerprint density at radius 1 is 1.33 bits per heavy atom. The number of nitrogens with zero attached hydrogens (tertiary/aromatic N) is 1. The van der Waals surface area contributed by atoms with Crippen molar-refractivity contribution in [1.82, 2.24) is 0 Å². The minimum absolute atomic E-state index is 0.117. The number of hydrogen-bond donors (Lipinski definition) is 2. The fourth-order valence-electron chi connectivity index (χ4n) is 3.08. The Bertz CT molecular complexity index is 704. The molecule has 134 valence electrons. The summed E-state index contributed by atoms with van der Waals surface area (Å²) >= 11 is 0. The number of amides is 1. The van der Waals surface area contributed by atoms with E-state index < -0.39 is 15.4 Å². The number of rotatable bonds is 6. The summed E-state index contributed by atoms with van der Waals surface area (Å²) in [5, 5.41) is 2.91. The molecule has 1 heterocycles. The number of nitrogens with one attached hydrogen (secondary N) is 1. The summed E-state index contributed by atoms with van der Waals surface area (Å²) in [5.41, 5.74) is 7.34. The second-order valence-corrected chi connectivity index (χ2v) is 8.40. The second kappa shape index (κ2) is 7.11.